The molecule has 4 aromatic rings. The Labute approximate surface area is 255 Å². The summed E-state index contributed by atoms with van der Waals surface area (Å²) in [6.07, 6.45) is -3.58. The van der Waals surface area contributed by atoms with Crippen LogP contribution in [0.15, 0.2) is 54.9 Å². The third-order valence-electron chi connectivity index (χ3n) is 7.11. The van der Waals surface area contributed by atoms with Crippen LogP contribution in [0.2, 0.25) is 0 Å². The predicted molar refractivity (Wildman–Crippen MR) is 159 cm³/mol. The lowest BCUT2D eigenvalue weighted by Gasteiger charge is -2.32. The van der Waals surface area contributed by atoms with Gasteiger partial charge in [0, 0.05) is 62.3 Å². The quantitative estimate of drug-likeness (QED) is 0.214. The summed E-state index contributed by atoms with van der Waals surface area (Å²) in [5, 5.41) is 14.8. The van der Waals surface area contributed by atoms with Crippen molar-refractivity contribution in [1.29, 1.82) is 0 Å². The van der Waals surface area contributed by atoms with Gasteiger partial charge < -0.3 is 26.3 Å². The van der Waals surface area contributed by atoms with Gasteiger partial charge in [-0.05, 0) is 49.9 Å². The fourth-order valence-electron chi connectivity index (χ4n) is 4.55. The minimum absolute atomic E-state index is 0.103. The van der Waals surface area contributed by atoms with Crippen molar-refractivity contribution in [3.63, 3.8) is 0 Å². The molecule has 1 aliphatic rings. The molecule has 2 amide bonds. The van der Waals surface area contributed by atoms with Gasteiger partial charge in [-0.2, -0.15) is 23.0 Å². The monoisotopic (exact) mass is 626 g/mol. The van der Waals surface area contributed by atoms with Gasteiger partial charge in [0.15, 0.2) is 11.5 Å². The van der Waals surface area contributed by atoms with E-state index in [1.54, 1.807) is 31.2 Å². The maximum atomic E-state index is 13.7. The predicted octanol–water partition coefficient (Wildman–Crippen LogP) is 4.06. The number of nitrogens with one attached hydrogen (secondary N) is 4. The molecule has 12 nitrogen and oxygen atoms in total. The van der Waals surface area contributed by atoms with Crippen LogP contribution in [-0.2, 0) is 6.18 Å². The zero-order valence-electron chi connectivity index (χ0n) is 24.5. The Morgan fingerprint density at radius 2 is 1.69 bits per heavy atom. The van der Waals surface area contributed by atoms with Crippen molar-refractivity contribution >= 4 is 34.8 Å². The molecule has 1 fully saturated rings. The zero-order valence-corrected chi connectivity index (χ0v) is 24.5. The molecular weight excluding hydrogens is 596 g/mol. The van der Waals surface area contributed by atoms with E-state index >= 15 is 0 Å². The van der Waals surface area contributed by atoms with Crippen molar-refractivity contribution in [2.24, 2.45) is 0 Å². The summed E-state index contributed by atoms with van der Waals surface area (Å²) in [6, 6.07) is 10.1. The van der Waals surface area contributed by atoms with E-state index in [0.29, 0.717) is 35.3 Å². The van der Waals surface area contributed by atoms with Gasteiger partial charge in [-0.1, -0.05) is 6.07 Å². The Hall–Kier alpha value is -5.09. The first-order chi connectivity index (χ1) is 21.4. The van der Waals surface area contributed by atoms with Crippen molar-refractivity contribution in [1.82, 2.24) is 35.0 Å². The number of nitrogens with zero attached hydrogens (tertiary/aromatic N) is 6. The van der Waals surface area contributed by atoms with Crippen molar-refractivity contribution in [3.05, 3.63) is 83.1 Å². The third-order valence-corrected chi connectivity index (χ3v) is 7.11. The molecule has 1 aliphatic heterocycles. The number of carbonyl (C=O) groups excluding carboxylic acids is 2. The lowest BCUT2D eigenvalue weighted by Crippen LogP contribution is -2.47. The number of likely N-dealkylation sites (N-methyl/N-ethyl adjacent to an activating group) is 1. The summed E-state index contributed by atoms with van der Waals surface area (Å²) < 4.78 is 54.7. The molecule has 0 atom stereocenters. The number of rotatable bonds is 8. The number of aromatic nitrogens is 4. The fraction of sp³-hybridized carbons (Fsp3) is 0.276. The molecule has 16 heteroatoms. The summed E-state index contributed by atoms with van der Waals surface area (Å²) >= 11 is 0. The van der Waals surface area contributed by atoms with E-state index in [9.17, 15) is 27.2 Å². The summed E-state index contributed by atoms with van der Waals surface area (Å²) in [7, 11) is 3.53. The van der Waals surface area contributed by atoms with Gasteiger partial charge >= 0.3 is 6.18 Å². The Morgan fingerprint density at radius 1 is 0.933 bits per heavy atom. The van der Waals surface area contributed by atoms with Crippen LogP contribution in [0.3, 0.4) is 0 Å². The SMILES string of the molecule is CNC(=O)c1cc(Nc2cc(NC(=O)c3ccc(F)c(C(F)(F)F)c3)ccc2C)n(-c2cc(NN3CCN(C)CC3)ncn2)n1. The maximum absolute atomic E-state index is 13.7. The summed E-state index contributed by atoms with van der Waals surface area (Å²) in [4.78, 5) is 36.2. The van der Waals surface area contributed by atoms with Gasteiger partial charge in [-0.25, -0.2) is 19.4 Å². The second-order valence-corrected chi connectivity index (χ2v) is 10.4. The van der Waals surface area contributed by atoms with E-state index in [1.165, 1.54) is 24.1 Å². The Bertz CT molecular complexity index is 1720. The van der Waals surface area contributed by atoms with E-state index in [1.807, 2.05) is 5.01 Å². The van der Waals surface area contributed by atoms with Crippen LogP contribution in [0, 0.1) is 12.7 Å². The molecule has 3 heterocycles. The summed E-state index contributed by atoms with van der Waals surface area (Å²) in [5.41, 5.74) is 2.97. The van der Waals surface area contributed by atoms with Crippen LogP contribution >= 0.6 is 0 Å². The second-order valence-electron chi connectivity index (χ2n) is 10.4. The standard InChI is InChI=1S/C29H30F4N10O2/c1-17-4-6-19(37-27(44)18-5-7-21(30)20(12-18)29(31,32)33)13-22(17)38-26-14-23(28(45)34-2)39-43(26)25-15-24(35-16-36-25)40-42-10-8-41(3)9-11-42/h4-7,12-16,38H,8-11H2,1-3H3,(H,34,45)(H,37,44)(H,35,36,40). The number of carbonyl (C=O) groups is 2. The summed E-state index contributed by atoms with van der Waals surface area (Å²) in [6.45, 7) is 5.17. The number of hydrogen-bond acceptors (Lipinski definition) is 9. The normalized spacial score (nSPS) is 14.2. The fourth-order valence-corrected chi connectivity index (χ4v) is 4.55. The first kappa shape index (κ1) is 31.3. The average molecular weight is 627 g/mol. The number of hydrazine groups is 1. The molecule has 0 unspecified atom stereocenters. The van der Waals surface area contributed by atoms with E-state index < -0.39 is 29.4 Å². The number of hydrogen-bond donors (Lipinski definition) is 4. The number of benzene rings is 2. The highest BCUT2D eigenvalue weighted by atomic mass is 19.4. The second kappa shape index (κ2) is 12.9. The average Bonchev–Trinajstić information content (AvgIpc) is 3.43. The highest BCUT2D eigenvalue weighted by Gasteiger charge is 2.34. The van der Waals surface area contributed by atoms with Gasteiger partial charge in [0.05, 0.1) is 5.56 Å². The highest BCUT2D eigenvalue weighted by Crippen LogP contribution is 2.32. The van der Waals surface area contributed by atoms with Gasteiger partial charge in [-0.15, -0.1) is 0 Å². The lowest BCUT2D eigenvalue weighted by atomic mass is 10.1. The highest BCUT2D eigenvalue weighted by molar-refractivity contribution is 6.04. The molecule has 0 spiro atoms. The number of piperazine rings is 1. The molecule has 0 radical (unpaired) electrons. The number of alkyl halides is 3. The molecule has 0 saturated carbocycles. The molecule has 0 bridgehead atoms. The van der Waals surface area contributed by atoms with Crippen LogP contribution in [0.1, 0.15) is 32.0 Å². The number of amides is 2. The van der Waals surface area contributed by atoms with E-state index in [-0.39, 0.29) is 16.9 Å². The van der Waals surface area contributed by atoms with Crippen LogP contribution in [0.5, 0.6) is 0 Å². The Kier molecular flexibility index (Phi) is 8.96. The minimum atomic E-state index is -4.96. The van der Waals surface area contributed by atoms with Crippen LogP contribution in [-0.4, -0.2) is 81.7 Å². The van der Waals surface area contributed by atoms with Crippen molar-refractivity contribution in [2.45, 2.75) is 13.1 Å². The van der Waals surface area contributed by atoms with E-state index in [2.05, 4.69) is 48.4 Å². The van der Waals surface area contributed by atoms with E-state index in [0.717, 1.165) is 37.8 Å². The lowest BCUT2D eigenvalue weighted by molar-refractivity contribution is -0.140. The molecule has 5 rings (SSSR count). The van der Waals surface area contributed by atoms with Crippen LogP contribution < -0.4 is 21.4 Å². The Balaban J connectivity index is 1.41. The molecule has 2 aromatic carbocycles. The number of halogens is 4. The molecular formula is C29H30F4N10O2. The third kappa shape index (κ3) is 7.35. The van der Waals surface area contributed by atoms with Crippen molar-refractivity contribution in [2.75, 3.05) is 56.3 Å². The number of anilines is 4. The van der Waals surface area contributed by atoms with Crippen LogP contribution in [0.4, 0.5) is 40.6 Å². The first-order valence-electron chi connectivity index (χ1n) is 13.8. The largest absolute Gasteiger partial charge is 0.419 e. The minimum Gasteiger partial charge on any atom is -0.354 e. The van der Waals surface area contributed by atoms with Gasteiger partial charge in [-0.3, -0.25) is 9.59 Å². The molecule has 0 aliphatic carbocycles. The zero-order chi connectivity index (χ0) is 32.3. The molecule has 2 aromatic heterocycles. The topological polar surface area (TPSA) is 132 Å². The Morgan fingerprint density at radius 3 is 2.40 bits per heavy atom. The first-order valence-corrected chi connectivity index (χ1v) is 13.8. The van der Waals surface area contributed by atoms with Gasteiger partial charge in [0.25, 0.3) is 11.8 Å². The molecule has 4 N–H and O–H groups in total. The molecule has 1 saturated heterocycles. The summed E-state index contributed by atoms with van der Waals surface area (Å²) in [5.74, 6) is -1.51. The van der Waals surface area contributed by atoms with Crippen LogP contribution in [0.25, 0.3) is 5.82 Å². The van der Waals surface area contributed by atoms with Crippen molar-refractivity contribution < 1.29 is 27.2 Å². The smallest absolute Gasteiger partial charge is 0.354 e. The van der Waals surface area contributed by atoms with Crippen molar-refractivity contribution in [3.8, 4) is 5.82 Å². The molecule has 236 valence electrons. The maximum Gasteiger partial charge on any atom is 0.419 e. The number of aryl methyl sites for hydroxylation is 1. The van der Waals surface area contributed by atoms with Gasteiger partial charge in [0.2, 0.25) is 0 Å². The molecule has 45 heavy (non-hydrogen) atoms. The van der Waals surface area contributed by atoms with Gasteiger partial charge in [0.1, 0.15) is 23.8 Å². The van der Waals surface area contributed by atoms with E-state index in [4.69, 9.17) is 0 Å².